The van der Waals surface area contributed by atoms with Crippen molar-refractivity contribution in [2.45, 2.75) is 116 Å². The number of amides is 4. The van der Waals surface area contributed by atoms with Gasteiger partial charge in [-0.15, -0.1) is 0 Å². The van der Waals surface area contributed by atoms with Crippen molar-refractivity contribution in [1.29, 1.82) is 0 Å². The van der Waals surface area contributed by atoms with Crippen LogP contribution in [0.2, 0.25) is 0 Å². The number of primary amides is 1. The smallest absolute Gasteiger partial charge is 0.408 e. The van der Waals surface area contributed by atoms with Gasteiger partial charge in [0.1, 0.15) is 17.7 Å². The van der Waals surface area contributed by atoms with Gasteiger partial charge >= 0.3 is 6.09 Å². The zero-order valence-electron chi connectivity index (χ0n) is 23.6. The number of ether oxygens (including phenoxy) is 1. The maximum atomic E-state index is 14.2. The average Bonchev–Trinajstić information content (AvgIpc) is 3.50. The molecule has 0 bridgehead atoms. The SMILES string of the molecule is Cc1cc(C)cc(C(C(=O)NC2CCCCC2)N(C(=O)C(CC(N)=O)NC(=O)OC(C)(C)C)C2CC2C)c1. The van der Waals surface area contributed by atoms with E-state index in [0.717, 1.165) is 49.7 Å². The highest BCUT2D eigenvalue weighted by molar-refractivity contribution is 5.95. The summed E-state index contributed by atoms with van der Waals surface area (Å²) in [6.07, 6.45) is 4.58. The molecule has 2 saturated carbocycles. The van der Waals surface area contributed by atoms with Crippen molar-refractivity contribution in [3.63, 3.8) is 0 Å². The third-order valence-electron chi connectivity index (χ3n) is 7.11. The minimum absolute atomic E-state index is 0.0551. The summed E-state index contributed by atoms with van der Waals surface area (Å²) in [5, 5.41) is 5.75. The maximum Gasteiger partial charge on any atom is 0.408 e. The normalized spacial score (nSPS) is 21.1. The number of carbonyl (C=O) groups excluding carboxylic acids is 4. The molecule has 2 aliphatic rings. The van der Waals surface area contributed by atoms with E-state index in [1.807, 2.05) is 39.0 Å². The van der Waals surface area contributed by atoms with E-state index in [1.54, 1.807) is 25.7 Å². The Bertz CT molecular complexity index is 1020. The van der Waals surface area contributed by atoms with E-state index in [4.69, 9.17) is 10.5 Å². The van der Waals surface area contributed by atoms with Gasteiger partial charge in [0.15, 0.2) is 0 Å². The molecule has 9 nitrogen and oxygen atoms in total. The predicted molar refractivity (Wildman–Crippen MR) is 145 cm³/mol. The molecule has 4 unspecified atom stereocenters. The van der Waals surface area contributed by atoms with Crippen LogP contribution in [0.15, 0.2) is 18.2 Å². The fraction of sp³-hybridized carbons (Fsp3) is 0.655. The molecule has 38 heavy (non-hydrogen) atoms. The highest BCUT2D eigenvalue weighted by atomic mass is 16.6. The summed E-state index contributed by atoms with van der Waals surface area (Å²) in [6, 6.07) is 3.55. The molecule has 0 aliphatic heterocycles. The molecule has 0 radical (unpaired) electrons. The molecule has 4 N–H and O–H groups in total. The van der Waals surface area contributed by atoms with Gasteiger partial charge in [-0.1, -0.05) is 55.5 Å². The summed E-state index contributed by atoms with van der Waals surface area (Å²) in [4.78, 5) is 54.3. The van der Waals surface area contributed by atoms with E-state index in [2.05, 4.69) is 10.6 Å². The minimum Gasteiger partial charge on any atom is -0.444 e. The van der Waals surface area contributed by atoms with Crippen molar-refractivity contribution in [3.8, 4) is 0 Å². The maximum absolute atomic E-state index is 14.2. The summed E-state index contributed by atoms with van der Waals surface area (Å²) in [5.41, 5.74) is 7.35. The molecule has 1 aromatic carbocycles. The van der Waals surface area contributed by atoms with Crippen molar-refractivity contribution < 1.29 is 23.9 Å². The molecule has 4 atom stereocenters. The van der Waals surface area contributed by atoms with Crippen LogP contribution < -0.4 is 16.4 Å². The largest absolute Gasteiger partial charge is 0.444 e. The number of alkyl carbamates (subject to hydrolysis) is 1. The highest BCUT2D eigenvalue weighted by Crippen LogP contribution is 2.41. The number of hydrogen-bond donors (Lipinski definition) is 3. The fourth-order valence-electron chi connectivity index (χ4n) is 5.34. The number of benzene rings is 1. The second-order valence-electron chi connectivity index (χ2n) is 12.1. The average molecular weight is 529 g/mol. The molecular weight excluding hydrogens is 484 g/mol. The van der Waals surface area contributed by atoms with Gasteiger partial charge in [-0.05, 0) is 65.4 Å². The molecule has 0 aromatic heterocycles. The fourth-order valence-corrected chi connectivity index (χ4v) is 5.34. The number of aryl methyl sites for hydroxylation is 2. The van der Waals surface area contributed by atoms with Crippen LogP contribution >= 0.6 is 0 Å². The van der Waals surface area contributed by atoms with Crippen LogP contribution in [0.5, 0.6) is 0 Å². The lowest BCUT2D eigenvalue weighted by Gasteiger charge is -2.36. The molecule has 0 heterocycles. The van der Waals surface area contributed by atoms with Gasteiger partial charge < -0.3 is 26.0 Å². The van der Waals surface area contributed by atoms with Crippen LogP contribution in [0.3, 0.4) is 0 Å². The van der Waals surface area contributed by atoms with Gasteiger partial charge in [0.25, 0.3) is 0 Å². The lowest BCUT2D eigenvalue weighted by molar-refractivity contribution is -0.144. The van der Waals surface area contributed by atoms with E-state index in [9.17, 15) is 19.2 Å². The summed E-state index contributed by atoms with van der Waals surface area (Å²) >= 11 is 0. The van der Waals surface area contributed by atoms with Crippen LogP contribution in [0.1, 0.15) is 95.4 Å². The molecule has 2 aliphatic carbocycles. The van der Waals surface area contributed by atoms with E-state index >= 15 is 0 Å². The highest BCUT2D eigenvalue weighted by Gasteiger charge is 2.48. The zero-order valence-corrected chi connectivity index (χ0v) is 23.6. The molecule has 210 valence electrons. The number of nitrogens with one attached hydrogen (secondary N) is 2. The first kappa shape index (κ1) is 29.5. The summed E-state index contributed by atoms with van der Waals surface area (Å²) in [6.45, 7) is 11.1. The number of rotatable bonds is 9. The third-order valence-corrected chi connectivity index (χ3v) is 7.11. The van der Waals surface area contributed by atoms with Gasteiger partial charge in [-0.2, -0.15) is 0 Å². The molecule has 0 spiro atoms. The lowest BCUT2D eigenvalue weighted by Crippen LogP contribution is -2.55. The van der Waals surface area contributed by atoms with E-state index < -0.39 is 42.0 Å². The van der Waals surface area contributed by atoms with Crippen molar-refractivity contribution in [2.24, 2.45) is 11.7 Å². The number of carbonyl (C=O) groups is 4. The Morgan fingerprint density at radius 3 is 2.13 bits per heavy atom. The van der Waals surface area contributed by atoms with Gasteiger partial charge in [-0.3, -0.25) is 14.4 Å². The summed E-state index contributed by atoms with van der Waals surface area (Å²) in [7, 11) is 0. The second kappa shape index (κ2) is 12.2. The van der Waals surface area contributed by atoms with Gasteiger partial charge in [0.2, 0.25) is 17.7 Å². The van der Waals surface area contributed by atoms with Crippen LogP contribution in [0.4, 0.5) is 4.79 Å². The summed E-state index contributed by atoms with van der Waals surface area (Å²) < 4.78 is 5.35. The molecule has 1 aromatic rings. The third kappa shape index (κ3) is 8.20. The second-order valence-corrected chi connectivity index (χ2v) is 12.1. The molecular formula is C29H44N4O5. The number of nitrogens with two attached hydrogens (primary N) is 1. The Morgan fingerprint density at radius 1 is 1.05 bits per heavy atom. The summed E-state index contributed by atoms with van der Waals surface area (Å²) in [5.74, 6) is -1.33. The zero-order chi connectivity index (χ0) is 28.2. The van der Waals surface area contributed by atoms with E-state index in [1.165, 1.54) is 0 Å². The molecule has 3 rings (SSSR count). The monoisotopic (exact) mass is 528 g/mol. The standard InChI is InChI=1S/C29H44N4O5/c1-17-12-18(2)14-20(13-17)25(26(35)31-21-10-8-7-9-11-21)33(23-15-19(23)3)27(36)22(16-24(30)34)32-28(37)38-29(4,5)6/h12-14,19,21-23,25H,7-11,15-16H2,1-6H3,(H2,30,34)(H,31,35)(H,32,37). The van der Waals surface area contributed by atoms with Gasteiger partial charge in [-0.25, -0.2) is 4.79 Å². The first-order valence-corrected chi connectivity index (χ1v) is 13.7. The molecule has 9 heteroatoms. The molecule has 0 saturated heterocycles. The van der Waals surface area contributed by atoms with E-state index in [0.29, 0.717) is 5.56 Å². The van der Waals surface area contributed by atoms with Gasteiger partial charge in [0, 0.05) is 12.1 Å². The molecule has 4 amide bonds. The molecule has 2 fully saturated rings. The van der Waals surface area contributed by atoms with Crippen LogP contribution in [-0.2, 0) is 19.1 Å². The first-order valence-electron chi connectivity index (χ1n) is 13.7. The Kier molecular flexibility index (Phi) is 9.44. The first-order chi connectivity index (χ1) is 17.7. The van der Waals surface area contributed by atoms with Crippen molar-refractivity contribution >= 4 is 23.8 Å². The van der Waals surface area contributed by atoms with Crippen LogP contribution in [0, 0.1) is 19.8 Å². The van der Waals surface area contributed by atoms with Crippen LogP contribution in [0.25, 0.3) is 0 Å². The predicted octanol–water partition coefficient (Wildman–Crippen LogP) is 3.80. The van der Waals surface area contributed by atoms with Crippen molar-refractivity contribution in [3.05, 3.63) is 34.9 Å². The van der Waals surface area contributed by atoms with Crippen molar-refractivity contribution in [2.75, 3.05) is 0 Å². The quantitative estimate of drug-likeness (QED) is 0.449. The lowest BCUT2D eigenvalue weighted by atomic mass is 9.94. The Balaban J connectivity index is 2.00. The van der Waals surface area contributed by atoms with Gasteiger partial charge in [0.05, 0.1) is 6.42 Å². The minimum atomic E-state index is -1.26. The van der Waals surface area contributed by atoms with E-state index in [-0.39, 0.29) is 23.9 Å². The number of hydrogen-bond acceptors (Lipinski definition) is 5. The topological polar surface area (TPSA) is 131 Å². The number of nitrogens with zero attached hydrogens (tertiary/aromatic N) is 1. The van der Waals surface area contributed by atoms with Crippen molar-refractivity contribution in [1.82, 2.24) is 15.5 Å². The van der Waals surface area contributed by atoms with Crippen LogP contribution in [-0.4, -0.2) is 52.4 Å². The Morgan fingerprint density at radius 2 is 1.63 bits per heavy atom. The Labute approximate surface area is 226 Å². The Hall–Kier alpha value is -3.10.